The van der Waals surface area contributed by atoms with Crippen LogP contribution in [-0.4, -0.2) is 11.9 Å². The van der Waals surface area contributed by atoms with E-state index in [4.69, 9.17) is 0 Å². The van der Waals surface area contributed by atoms with E-state index in [1.165, 1.54) is 5.56 Å². The molecule has 1 aromatic rings. The Morgan fingerprint density at radius 2 is 2.07 bits per heavy atom. The van der Waals surface area contributed by atoms with Crippen LogP contribution < -0.4 is 0 Å². The van der Waals surface area contributed by atoms with Crippen molar-refractivity contribution in [1.82, 2.24) is 0 Å². The zero-order valence-electron chi connectivity index (χ0n) is 8.44. The number of aryl methyl sites for hydroxylation is 1. The van der Waals surface area contributed by atoms with E-state index in [9.17, 15) is 0 Å². The molecule has 72 valence electrons. The van der Waals surface area contributed by atoms with E-state index in [2.05, 4.69) is 41.2 Å². The molecule has 2 aliphatic heterocycles. The molecule has 0 bridgehead atoms. The Bertz CT molecular complexity index is 545. The van der Waals surface area contributed by atoms with Gasteiger partial charge in [0, 0.05) is 35.3 Å². The highest BCUT2D eigenvalue weighted by Gasteiger charge is 2.20. The summed E-state index contributed by atoms with van der Waals surface area (Å²) in [6, 6.07) is 8.38. The fourth-order valence-electron chi connectivity index (χ4n) is 1.86. The predicted octanol–water partition coefficient (Wildman–Crippen LogP) is 2.65. The number of hydrogen-bond acceptors (Lipinski definition) is 2. The number of benzene rings is 1. The zero-order chi connectivity index (χ0) is 10.3. The zero-order valence-corrected chi connectivity index (χ0v) is 8.44. The smallest absolute Gasteiger partial charge is 0.0797 e. The van der Waals surface area contributed by atoms with Crippen molar-refractivity contribution in [3.05, 3.63) is 58.9 Å². The molecule has 1 aromatic carbocycles. The van der Waals surface area contributed by atoms with Crippen LogP contribution >= 0.6 is 0 Å². The lowest BCUT2D eigenvalue weighted by Gasteiger charge is -2.03. The quantitative estimate of drug-likeness (QED) is 0.656. The molecule has 0 N–H and O–H groups in total. The van der Waals surface area contributed by atoms with Gasteiger partial charge in [-0.05, 0) is 13.0 Å². The highest BCUT2D eigenvalue weighted by atomic mass is 14.8. The predicted molar refractivity (Wildman–Crippen MR) is 62.4 cm³/mol. The summed E-state index contributed by atoms with van der Waals surface area (Å²) in [5.74, 6) is 0. The van der Waals surface area contributed by atoms with Gasteiger partial charge in [-0.3, -0.25) is 9.98 Å². The number of nitrogens with zero attached hydrogens (tertiary/aromatic N) is 2. The van der Waals surface area contributed by atoms with Gasteiger partial charge in [0.15, 0.2) is 0 Å². The van der Waals surface area contributed by atoms with E-state index < -0.39 is 0 Å². The Morgan fingerprint density at radius 3 is 2.93 bits per heavy atom. The molecule has 0 unspecified atom stereocenters. The van der Waals surface area contributed by atoms with Crippen LogP contribution in [-0.2, 0) is 0 Å². The molecule has 0 saturated carbocycles. The number of hydrogen-bond donors (Lipinski definition) is 0. The van der Waals surface area contributed by atoms with Crippen LogP contribution in [0.3, 0.4) is 0 Å². The Morgan fingerprint density at radius 1 is 1.13 bits per heavy atom. The minimum atomic E-state index is 1.03. The minimum Gasteiger partial charge on any atom is -0.263 e. The van der Waals surface area contributed by atoms with Crippen molar-refractivity contribution in [3.8, 4) is 0 Å². The summed E-state index contributed by atoms with van der Waals surface area (Å²) >= 11 is 0. The first kappa shape index (κ1) is 8.36. The highest BCUT2D eigenvalue weighted by molar-refractivity contribution is 6.22. The molecule has 0 saturated heterocycles. The first-order valence-electron chi connectivity index (χ1n) is 4.94. The molecule has 0 radical (unpaired) electrons. The van der Waals surface area contributed by atoms with Crippen LogP contribution in [0.5, 0.6) is 0 Å². The number of allylic oxidation sites excluding steroid dienone is 2. The Labute approximate surface area is 88.4 Å². The molecule has 2 aliphatic rings. The van der Waals surface area contributed by atoms with Gasteiger partial charge in [0.1, 0.15) is 0 Å². The molecular weight excluding hydrogens is 184 g/mol. The molecule has 0 spiro atoms. The van der Waals surface area contributed by atoms with E-state index in [1.54, 1.807) is 0 Å². The highest BCUT2D eigenvalue weighted by Crippen LogP contribution is 2.25. The van der Waals surface area contributed by atoms with Gasteiger partial charge >= 0.3 is 0 Å². The topological polar surface area (TPSA) is 24.7 Å². The maximum Gasteiger partial charge on any atom is 0.0797 e. The van der Waals surface area contributed by atoms with Gasteiger partial charge < -0.3 is 0 Å². The summed E-state index contributed by atoms with van der Waals surface area (Å²) in [4.78, 5) is 8.56. The van der Waals surface area contributed by atoms with Crippen molar-refractivity contribution in [3.63, 3.8) is 0 Å². The normalized spacial score (nSPS) is 17.3. The third kappa shape index (κ3) is 1.26. The monoisotopic (exact) mass is 194 g/mol. The Balaban J connectivity index is 2.05. The van der Waals surface area contributed by atoms with Gasteiger partial charge in [0.2, 0.25) is 0 Å². The van der Waals surface area contributed by atoms with Crippen molar-refractivity contribution in [2.75, 3.05) is 0 Å². The van der Waals surface area contributed by atoms with E-state index in [-0.39, 0.29) is 0 Å². The molecule has 0 amide bonds. The first-order chi connectivity index (χ1) is 7.34. The SMILES string of the molecule is Cc1cccc(C2=NC=C3C=NC=C32)c1. The summed E-state index contributed by atoms with van der Waals surface area (Å²) in [7, 11) is 0. The summed E-state index contributed by atoms with van der Waals surface area (Å²) < 4.78 is 0. The second-order valence-electron chi connectivity index (χ2n) is 3.75. The number of rotatable bonds is 1. The maximum absolute atomic E-state index is 4.43. The summed E-state index contributed by atoms with van der Waals surface area (Å²) in [5.41, 5.74) is 5.71. The largest absolute Gasteiger partial charge is 0.263 e. The minimum absolute atomic E-state index is 1.03. The van der Waals surface area contributed by atoms with Crippen LogP contribution in [0.25, 0.3) is 0 Å². The number of fused-ring (bicyclic) bond motifs is 1. The van der Waals surface area contributed by atoms with Crippen molar-refractivity contribution in [2.45, 2.75) is 6.92 Å². The first-order valence-corrected chi connectivity index (χ1v) is 4.94. The molecule has 0 aliphatic carbocycles. The van der Waals surface area contributed by atoms with Crippen LogP contribution in [0.15, 0.2) is 57.8 Å². The number of aliphatic imine (C=N–C) groups is 2. The van der Waals surface area contributed by atoms with Gasteiger partial charge in [-0.2, -0.15) is 0 Å². The third-order valence-electron chi connectivity index (χ3n) is 2.61. The lowest BCUT2D eigenvalue weighted by Crippen LogP contribution is -2.01. The molecule has 0 aromatic heterocycles. The molecule has 2 heterocycles. The second kappa shape index (κ2) is 3.02. The maximum atomic E-state index is 4.43. The van der Waals surface area contributed by atoms with Crippen molar-refractivity contribution >= 4 is 11.9 Å². The van der Waals surface area contributed by atoms with Crippen LogP contribution in [0.4, 0.5) is 0 Å². The van der Waals surface area contributed by atoms with Gasteiger partial charge in [-0.15, -0.1) is 0 Å². The van der Waals surface area contributed by atoms with E-state index in [1.807, 2.05) is 18.6 Å². The molecule has 3 rings (SSSR count). The molecule has 15 heavy (non-hydrogen) atoms. The average molecular weight is 194 g/mol. The van der Waals surface area contributed by atoms with Crippen molar-refractivity contribution in [2.24, 2.45) is 9.98 Å². The molecule has 0 fully saturated rings. The van der Waals surface area contributed by atoms with Crippen LogP contribution in [0.2, 0.25) is 0 Å². The van der Waals surface area contributed by atoms with Gasteiger partial charge in [0.05, 0.1) is 5.71 Å². The van der Waals surface area contributed by atoms with Gasteiger partial charge in [-0.25, -0.2) is 0 Å². The standard InChI is InChI=1S/C13H10N2/c1-9-3-2-4-10(5-9)13-12-8-14-6-11(12)7-15-13/h2-8H,1H3. The Hall–Kier alpha value is -1.96. The second-order valence-corrected chi connectivity index (χ2v) is 3.75. The van der Waals surface area contributed by atoms with Gasteiger partial charge in [-0.1, -0.05) is 23.8 Å². The fourth-order valence-corrected chi connectivity index (χ4v) is 1.86. The lowest BCUT2D eigenvalue weighted by molar-refractivity contribution is 1.45. The molecule has 0 atom stereocenters. The van der Waals surface area contributed by atoms with E-state index in [0.29, 0.717) is 0 Å². The summed E-state index contributed by atoms with van der Waals surface area (Å²) in [6.07, 6.45) is 5.60. The van der Waals surface area contributed by atoms with E-state index >= 15 is 0 Å². The van der Waals surface area contributed by atoms with Crippen molar-refractivity contribution < 1.29 is 0 Å². The molecule has 2 heteroatoms. The van der Waals surface area contributed by atoms with Crippen LogP contribution in [0.1, 0.15) is 11.1 Å². The fraction of sp³-hybridized carbons (Fsp3) is 0.0769. The van der Waals surface area contributed by atoms with Crippen molar-refractivity contribution in [1.29, 1.82) is 0 Å². The average Bonchev–Trinajstić information content (AvgIpc) is 2.77. The third-order valence-corrected chi connectivity index (χ3v) is 2.61. The summed E-state index contributed by atoms with van der Waals surface area (Å²) in [6.45, 7) is 2.09. The lowest BCUT2D eigenvalue weighted by atomic mass is 10.00. The van der Waals surface area contributed by atoms with E-state index in [0.717, 1.165) is 22.4 Å². The molecular formula is C13H10N2. The summed E-state index contributed by atoms with van der Waals surface area (Å²) in [5, 5.41) is 0. The molecule has 2 nitrogen and oxygen atoms in total. The Kier molecular flexibility index (Phi) is 1.68. The van der Waals surface area contributed by atoms with Crippen LogP contribution in [0, 0.1) is 6.92 Å². The van der Waals surface area contributed by atoms with Gasteiger partial charge in [0.25, 0.3) is 0 Å².